The van der Waals surface area contributed by atoms with Gasteiger partial charge in [-0.25, -0.2) is 0 Å². The van der Waals surface area contributed by atoms with Crippen molar-refractivity contribution in [1.29, 1.82) is 0 Å². The van der Waals surface area contributed by atoms with Gasteiger partial charge in [-0.3, -0.25) is 4.99 Å². The smallest absolute Gasteiger partial charge is 0.124 e. The van der Waals surface area contributed by atoms with Crippen LogP contribution in [0.5, 0.6) is 5.75 Å². The normalized spacial score (nSPS) is 27.6. The van der Waals surface area contributed by atoms with Crippen LogP contribution < -0.4 is 0 Å². The molecular weight excluding hydrogens is 248 g/mol. The summed E-state index contributed by atoms with van der Waals surface area (Å²) in [5.41, 5.74) is 0.823. The third-order valence-corrected chi connectivity index (χ3v) is 4.74. The highest BCUT2D eigenvalue weighted by Crippen LogP contribution is 2.31. The second-order valence-electron chi connectivity index (χ2n) is 6.05. The molecule has 0 unspecified atom stereocenters. The van der Waals surface area contributed by atoms with Gasteiger partial charge in [0.15, 0.2) is 0 Å². The SMILES string of the molecule is Oc1ccccc1C=NC[C@@H]1CCCN2CCCC[C@H]12. The van der Waals surface area contributed by atoms with Crippen molar-refractivity contribution < 1.29 is 5.11 Å². The number of para-hydroxylation sites is 1. The Kier molecular flexibility index (Phi) is 4.36. The first-order valence-corrected chi connectivity index (χ1v) is 7.86. The summed E-state index contributed by atoms with van der Waals surface area (Å²) in [5, 5.41) is 9.74. The first kappa shape index (κ1) is 13.6. The maximum absolute atomic E-state index is 9.74. The van der Waals surface area contributed by atoms with Crippen LogP contribution >= 0.6 is 0 Å². The molecule has 3 nitrogen and oxygen atoms in total. The number of hydrogen-bond acceptors (Lipinski definition) is 3. The largest absolute Gasteiger partial charge is 0.507 e. The molecule has 0 spiro atoms. The fourth-order valence-electron chi connectivity index (χ4n) is 3.67. The molecule has 1 aromatic rings. The van der Waals surface area contributed by atoms with Crippen LogP contribution in [0.15, 0.2) is 29.3 Å². The Balaban J connectivity index is 1.61. The minimum absolute atomic E-state index is 0.319. The Labute approximate surface area is 121 Å². The highest BCUT2D eigenvalue weighted by molar-refractivity contribution is 5.83. The molecule has 0 aliphatic carbocycles. The van der Waals surface area contributed by atoms with Gasteiger partial charge >= 0.3 is 0 Å². The molecule has 2 atom stereocenters. The van der Waals surface area contributed by atoms with E-state index in [1.54, 1.807) is 6.07 Å². The Morgan fingerprint density at radius 3 is 2.90 bits per heavy atom. The van der Waals surface area contributed by atoms with Crippen LogP contribution in [0, 0.1) is 5.92 Å². The summed E-state index contributed by atoms with van der Waals surface area (Å²) in [7, 11) is 0. The lowest BCUT2D eigenvalue weighted by Gasteiger charge is -2.43. The van der Waals surface area contributed by atoms with E-state index in [9.17, 15) is 5.11 Å². The van der Waals surface area contributed by atoms with Crippen LogP contribution in [0.2, 0.25) is 0 Å². The van der Waals surface area contributed by atoms with Gasteiger partial charge in [0.1, 0.15) is 5.75 Å². The second kappa shape index (κ2) is 6.40. The molecule has 3 rings (SSSR count). The van der Waals surface area contributed by atoms with Crippen molar-refractivity contribution in [1.82, 2.24) is 4.90 Å². The van der Waals surface area contributed by atoms with E-state index < -0.39 is 0 Å². The first-order chi connectivity index (χ1) is 9.84. The predicted molar refractivity (Wildman–Crippen MR) is 82.5 cm³/mol. The quantitative estimate of drug-likeness (QED) is 0.858. The van der Waals surface area contributed by atoms with E-state index in [4.69, 9.17) is 0 Å². The van der Waals surface area contributed by atoms with E-state index >= 15 is 0 Å². The van der Waals surface area contributed by atoms with Crippen molar-refractivity contribution in [3.05, 3.63) is 29.8 Å². The number of piperidine rings is 2. The maximum Gasteiger partial charge on any atom is 0.124 e. The molecule has 2 aliphatic rings. The lowest BCUT2D eigenvalue weighted by Crippen LogP contribution is -2.48. The zero-order valence-electron chi connectivity index (χ0n) is 12.0. The zero-order chi connectivity index (χ0) is 13.8. The van der Waals surface area contributed by atoms with Crippen molar-refractivity contribution in [3.8, 4) is 5.75 Å². The van der Waals surface area contributed by atoms with Crippen molar-refractivity contribution in [2.75, 3.05) is 19.6 Å². The van der Waals surface area contributed by atoms with Gasteiger partial charge in [0.25, 0.3) is 0 Å². The molecule has 0 amide bonds. The molecule has 1 N–H and O–H groups in total. The van der Waals surface area contributed by atoms with Gasteiger partial charge in [-0.1, -0.05) is 18.6 Å². The van der Waals surface area contributed by atoms with Crippen LogP contribution in [0.1, 0.15) is 37.7 Å². The van der Waals surface area contributed by atoms with Gasteiger partial charge in [0.05, 0.1) is 0 Å². The summed E-state index contributed by atoms with van der Waals surface area (Å²) < 4.78 is 0. The summed E-state index contributed by atoms with van der Waals surface area (Å²) in [6.45, 7) is 3.46. The third kappa shape index (κ3) is 3.04. The Hall–Kier alpha value is -1.35. The summed E-state index contributed by atoms with van der Waals surface area (Å²) >= 11 is 0. The zero-order valence-corrected chi connectivity index (χ0v) is 12.0. The van der Waals surface area contributed by atoms with Crippen molar-refractivity contribution in [2.45, 2.75) is 38.1 Å². The number of phenols is 1. The van der Waals surface area contributed by atoms with Crippen LogP contribution in [-0.2, 0) is 0 Å². The predicted octanol–water partition coefficient (Wildman–Crippen LogP) is 3.08. The van der Waals surface area contributed by atoms with Gasteiger partial charge in [-0.2, -0.15) is 0 Å². The van der Waals surface area contributed by atoms with Gasteiger partial charge in [0.2, 0.25) is 0 Å². The molecule has 2 fully saturated rings. The number of aromatic hydroxyl groups is 1. The molecular formula is C17H24N2O. The number of rotatable bonds is 3. The Bertz CT molecular complexity index is 470. The standard InChI is InChI=1S/C17H24N2O/c20-17-9-2-1-6-15(17)13-18-12-14-7-5-11-19-10-4-3-8-16(14)19/h1-2,6,9,13-14,16,20H,3-5,7-8,10-12H2/t14-,16+/m0/s1. The van der Waals surface area contributed by atoms with E-state index in [-0.39, 0.29) is 0 Å². The van der Waals surface area contributed by atoms with Crippen LogP contribution in [0.4, 0.5) is 0 Å². The molecule has 0 bridgehead atoms. The van der Waals surface area contributed by atoms with Crippen LogP contribution in [0.3, 0.4) is 0 Å². The molecule has 2 heterocycles. The Morgan fingerprint density at radius 2 is 2.00 bits per heavy atom. The van der Waals surface area contributed by atoms with Crippen LogP contribution in [-0.4, -0.2) is 41.9 Å². The number of hydrogen-bond donors (Lipinski definition) is 1. The molecule has 2 saturated heterocycles. The number of benzene rings is 1. The van der Waals surface area contributed by atoms with Crippen molar-refractivity contribution in [2.24, 2.45) is 10.9 Å². The van der Waals surface area contributed by atoms with E-state index in [2.05, 4.69) is 9.89 Å². The molecule has 108 valence electrons. The lowest BCUT2D eigenvalue weighted by molar-refractivity contribution is 0.0635. The van der Waals surface area contributed by atoms with E-state index in [0.29, 0.717) is 11.7 Å². The fourth-order valence-corrected chi connectivity index (χ4v) is 3.67. The number of fused-ring (bicyclic) bond motifs is 1. The molecule has 1 aromatic carbocycles. The number of phenolic OH excluding ortho intramolecular Hbond substituents is 1. The average Bonchev–Trinajstić information content (AvgIpc) is 2.49. The van der Waals surface area contributed by atoms with E-state index in [0.717, 1.165) is 18.2 Å². The highest BCUT2D eigenvalue weighted by Gasteiger charge is 2.32. The number of nitrogens with zero attached hydrogens (tertiary/aromatic N) is 2. The summed E-state index contributed by atoms with van der Waals surface area (Å²) in [6, 6.07) is 8.15. The second-order valence-corrected chi connectivity index (χ2v) is 6.05. The minimum Gasteiger partial charge on any atom is -0.507 e. The first-order valence-electron chi connectivity index (χ1n) is 7.86. The molecule has 0 aromatic heterocycles. The van der Waals surface area contributed by atoms with Gasteiger partial charge in [-0.15, -0.1) is 0 Å². The summed E-state index contributed by atoms with van der Waals surface area (Å²) in [6.07, 6.45) is 8.53. The molecule has 20 heavy (non-hydrogen) atoms. The Morgan fingerprint density at radius 1 is 1.15 bits per heavy atom. The molecule has 0 saturated carbocycles. The lowest BCUT2D eigenvalue weighted by atomic mass is 9.83. The maximum atomic E-state index is 9.74. The third-order valence-electron chi connectivity index (χ3n) is 4.74. The van der Waals surface area contributed by atoms with Crippen molar-refractivity contribution >= 4 is 6.21 Å². The summed E-state index contributed by atoms with van der Waals surface area (Å²) in [5.74, 6) is 1.02. The molecule has 2 aliphatic heterocycles. The fraction of sp³-hybridized carbons (Fsp3) is 0.588. The monoisotopic (exact) mass is 272 g/mol. The highest BCUT2D eigenvalue weighted by atomic mass is 16.3. The van der Waals surface area contributed by atoms with Crippen LogP contribution in [0.25, 0.3) is 0 Å². The summed E-state index contributed by atoms with van der Waals surface area (Å²) in [4.78, 5) is 7.28. The molecule has 0 radical (unpaired) electrons. The van der Waals surface area contributed by atoms with Gasteiger partial charge < -0.3 is 10.0 Å². The van der Waals surface area contributed by atoms with Gasteiger partial charge in [-0.05, 0) is 56.8 Å². The van der Waals surface area contributed by atoms with Crippen molar-refractivity contribution in [3.63, 3.8) is 0 Å². The minimum atomic E-state index is 0.319. The average molecular weight is 272 g/mol. The topological polar surface area (TPSA) is 35.8 Å². The molecule has 3 heteroatoms. The van der Waals surface area contributed by atoms with Gasteiger partial charge in [0, 0.05) is 24.4 Å². The van der Waals surface area contributed by atoms with E-state index in [1.165, 1.54) is 45.2 Å². The number of aliphatic imine (C=N–C) groups is 1. The van der Waals surface area contributed by atoms with E-state index in [1.807, 2.05) is 24.4 Å².